The molecule has 0 saturated carbocycles. The quantitative estimate of drug-likeness (QED) is 0.208. The Morgan fingerprint density at radius 3 is 2.66 bits per heavy atom. The number of carbonyl (C=O) groups is 4. The zero-order valence-corrected chi connectivity index (χ0v) is 16.6. The maximum absolute atomic E-state index is 12.6. The molecular weight excluding hydrogens is 410 g/mol. The van der Waals surface area contributed by atoms with Crippen LogP contribution in [0.25, 0.3) is 0 Å². The molecule has 160 valence electrons. The van der Waals surface area contributed by atoms with E-state index < -0.39 is 47.4 Å². The summed E-state index contributed by atoms with van der Waals surface area (Å²) in [5.41, 5.74) is 1.76. The number of hydrogen-bond donors (Lipinski definition) is 4. The van der Waals surface area contributed by atoms with E-state index in [1.165, 1.54) is 14.0 Å². The fourth-order valence-electron chi connectivity index (χ4n) is 2.77. The lowest BCUT2D eigenvalue weighted by Gasteiger charge is -2.53. The molecule has 2 fully saturated rings. The number of aliphatic carboxylic acids is 1. The first-order valence-corrected chi connectivity index (χ1v) is 9.51. The van der Waals surface area contributed by atoms with Gasteiger partial charge in [0.15, 0.2) is 11.8 Å². The largest absolute Gasteiger partial charge is 0.480 e. The van der Waals surface area contributed by atoms with Gasteiger partial charge in [0.1, 0.15) is 18.5 Å². The molecule has 0 aromatic rings. The van der Waals surface area contributed by atoms with Crippen LogP contribution >= 0.6 is 11.8 Å². The summed E-state index contributed by atoms with van der Waals surface area (Å²) in [6, 6.07) is -2.37. The Bertz CT molecular complexity index is 757. The molecule has 3 amide bonds. The zero-order valence-electron chi connectivity index (χ0n) is 15.8. The molecule has 0 aromatic heterocycles. The minimum atomic E-state index is -1.37. The number of carboxylic acid groups (broad SMARTS) is 1. The Morgan fingerprint density at radius 2 is 2.07 bits per heavy atom. The molecule has 0 spiro atoms. The number of amides is 3. The van der Waals surface area contributed by atoms with Gasteiger partial charge in [-0.2, -0.15) is 5.10 Å². The highest BCUT2D eigenvalue weighted by molar-refractivity contribution is 8.00. The van der Waals surface area contributed by atoms with E-state index in [0.29, 0.717) is 0 Å². The van der Waals surface area contributed by atoms with Gasteiger partial charge < -0.3 is 30.0 Å². The number of rotatable bonds is 7. The lowest BCUT2D eigenvalue weighted by molar-refractivity contribution is -0.167. The second kappa shape index (κ2) is 9.56. The Kier molecular flexibility index (Phi) is 7.39. The van der Waals surface area contributed by atoms with E-state index >= 15 is 0 Å². The molecule has 4 atom stereocenters. The highest BCUT2D eigenvalue weighted by Crippen LogP contribution is 2.38. The van der Waals surface area contributed by atoms with Crippen LogP contribution in [-0.2, 0) is 24.0 Å². The van der Waals surface area contributed by atoms with E-state index in [1.807, 2.05) is 0 Å². The second-order valence-corrected chi connectivity index (χ2v) is 7.07. The minimum absolute atomic E-state index is 0.0174. The summed E-state index contributed by atoms with van der Waals surface area (Å²) >= 11 is 1.15. The third-order valence-corrected chi connectivity index (χ3v) is 5.43. The van der Waals surface area contributed by atoms with Gasteiger partial charge in [-0.1, -0.05) is 5.16 Å². The van der Waals surface area contributed by atoms with Crippen LogP contribution in [0.5, 0.6) is 0 Å². The van der Waals surface area contributed by atoms with Crippen LogP contribution < -0.4 is 10.7 Å². The molecule has 0 aliphatic carbocycles. The molecule has 29 heavy (non-hydrogen) atoms. The number of aliphatic hydroxyl groups is 1. The lowest BCUT2D eigenvalue weighted by atomic mass is 9.99. The summed E-state index contributed by atoms with van der Waals surface area (Å²) in [4.78, 5) is 53.2. The monoisotopic (exact) mass is 431 g/mol. The van der Waals surface area contributed by atoms with Gasteiger partial charge in [-0.05, 0) is 13.8 Å². The van der Waals surface area contributed by atoms with Gasteiger partial charge in [0.25, 0.3) is 5.91 Å². The van der Waals surface area contributed by atoms with Crippen LogP contribution in [0.15, 0.2) is 10.3 Å². The van der Waals surface area contributed by atoms with E-state index in [1.54, 1.807) is 6.92 Å². The maximum Gasteiger partial charge on any atom is 0.427 e. The number of carbonyl (C=O) groups excluding carboxylic acids is 3. The van der Waals surface area contributed by atoms with Gasteiger partial charge in [0.2, 0.25) is 5.91 Å². The van der Waals surface area contributed by atoms with Crippen molar-refractivity contribution in [2.45, 2.75) is 37.4 Å². The topological polar surface area (TPSA) is 179 Å². The summed E-state index contributed by atoms with van der Waals surface area (Å²) in [5.74, 6) is -2.68. The Labute approximate surface area is 169 Å². The van der Waals surface area contributed by atoms with Crippen molar-refractivity contribution in [2.24, 2.45) is 10.3 Å². The van der Waals surface area contributed by atoms with Gasteiger partial charge >= 0.3 is 12.1 Å². The number of β-lactam (4-membered cyclic amide) rings is 1. The predicted molar refractivity (Wildman–Crippen MR) is 100 cm³/mol. The summed E-state index contributed by atoms with van der Waals surface area (Å²) in [5, 5.41) is 28.1. The number of hydrazone groups is 1. The van der Waals surface area contributed by atoms with Crippen LogP contribution in [0.3, 0.4) is 0 Å². The Balaban J connectivity index is 2.08. The lowest BCUT2D eigenvalue weighted by Crippen LogP contribution is -2.77. The zero-order chi connectivity index (χ0) is 21.7. The molecule has 2 saturated heterocycles. The van der Waals surface area contributed by atoms with Gasteiger partial charge in [0, 0.05) is 5.75 Å². The summed E-state index contributed by atoms with van der Waals surface area (Å²) in [7, 11) is 1.20. The van der Waals surface area contributed by atoms with E-state index in [9.17, 15) is 29.4 Å². The number of ether oxygens (including phenoxy) is 1. The van der Waals surface area contributed by atoms with E-state index in [4.69, 9.17) is 0 Å². The molecule has 13 nitrogen and oxygen atoms in total. The Hall–Kier alpha value is -2.87. The average molecular weight is 431 g/mol. The van der Waals surface area contributed by atoms with Gasteiger partial charge in [-0.15, -0.1) is 11.8 Å². The number of aliphatic hydroxyl groups excluding tert-OH is 1. The van der Waals surface area contributed by atoms with Crippen molar-refractivity contribution in [3.8, 4) is 0 Å². The number of nitrogens with zero attached hydrogens (tertiary/aromatic N) is 3. The molecular formula is C15H21N5O8S. The fourth-order valence-corrected chi connectivity index (χ4v) is 4.12. The van der Waals surface area contributed by atoms with Crippen LogP contribution in [0.2, 0.25) is 0 Å². The normalized spacial score (nSPS) is 26.8. The minimum Gasteiger partial charge on any atom is -0.480 e. The molecule has 2 rings (SSSR count). The molecule has 3 unspecified atom stereocenters. The van der Waals surface area contributed by atoms with Crippen LogP contribution in [0.4, 0.5) is 4.79 Å². The van der Waals surface area contributed by atoms with Crippen molar-refractivity contribution >= 4 is 47.1 Å². The van der Waals surface area contributed by atoms with Crippen LogP contribution in [-0.4, -0.2) is 93.4 Å². The SMILES string of the molecule is CCOC(=O)NN=C(C)C(=NOC)C(=O)NC1C(=O)N2C(C(=O)O)C(O)CS[C@@H]12. The van der Waals surface area contributed by atoms with Crippen LogP contribution in [0.1, 0.15) is 13.8 Å². The smallest absolute Gasteiger partial charge is 0.427 e. The number of thioether (sulfide) groups is 1. The van der Waals surface area contributed by atoms with Crippen molar-refractivity contribution in [2.75, 3.05) is 19.5 Å². The highest BCUT2D eigenvalue weighted by atomic mass is 32.2. The van der Waals surface area contributed by atoms with Crippen molar-refractivity contribution in [3.05, 3.63) is 0 Å². The summed E-state index contributed by atoms with van der Waals surface area (Å²) in [6.07, 6.45) is -2.03. The Morgan fingerprint density at radius 1 is 1.38 bits per heavy atom. The molecule has 0 aromatic carbocycles. The van der Waals surface area contributed by atoms with Crippen molar-refractivity contribution in [3.63, 3.8) is 0 Å². The summed E-state index contributed by atoms with van der Waals surface area (Å²) < 4.78 is 4.64. The molecule has 4 N–H and O–H groups in total. The molecule has 0 bridgehead atoms. The third-order valence-electron chi connectivity index (χ3n) is 4.05. The first kappa shape index (κ1) is 22.4. The maximum atomic E-state index is 12.6. The molecule has 2 aliphatic heterocycles. The van der Waals surface area contributed by atoms with E-state index in [2.05, 4.69) is 30.6 Å². The molecule has 2 aliphatic rings. The molecule has 14 heteroatoms. The first-order chi connectivity index (χ1) is 13.7. The number of fused-ring (bicyclic) bond motifs is 1. The molecule has 2 heterocycles. The first-order valence-electron chi connectivity index (χ1n) is 8.47. The van der Waals surface area contributed by atoms with Crippen molar-refractivity contribution in [1.82, 2.24) is 15.6 Å². The highest BCUT2D eigenvalue weighted by Gasteiger charge is 2.57. The van der Waals surface area contributed by atoms with E-state index in [0.717, 1.165) is 16.7 Å². The average Bonchev–Trinajstić information content (AvgIpc) is 2.67. The predicted octanol–water partition coefficient (Wildman–Crippen LogP) is -1.68. The standard InChI is InChI=1S/C15H21N5O8S/c1-4-28-15(26)18-17-6(2)8(19-27-3)11(22)16-9-12(23)20-10(14(24)25)7(21)5-29-13(9)20/h7,9-10,13,21H,4-5H2,1-3H3,(H,16,22)(H,18,26)(H,24,25)/t7?,9?,10?,13-/m0/s1. The number of oxime groups is 1. The third kappa shape index (κ3) is 4.76. The van der Waals surface area contributed by atoms with Crippen molar-refractivity contribution < 1.29 is 39.0 Å². The summed E-state index contributed by atoms with van der Waals surface area (Å²) in [6.45, 7) is 3.12. The van der Waals surface area contributed by atoms with Crippen molar-refractivity contribution in [1.29, 1.82) is 0 Å². The second-order valence-electron chi connectivity index (χ2n) is 5.92. The van der Waals surface area contributed by atoms with E-state index in [-0.39, 0.29) is 23.8 Å². The van der Waals surface area contributed by atoms with Gasteiger partial charge in [-0.3, -0.25) is 9.59 Å². The molecule has 0 radical (unpaired) electrons. The fraction of sp³-hybridized carbons (Fsp3) is 0.600. The number of carboxylic acids is 1. The van der Waals surface area contributed by atoms with Crippen LogP contribution in [0, 0.1) is 0 Å². The number of nitrogens with one attached hydrogen (secondary N) is 2. The number of hydrogen-bond acceptors (Lipinski definition) is 10. The van der Waals surface area contributed by atoms with Gasteiger partial charge in [-0.25, -0.2) is 15.0 Å². The van der Waals surface area contributed by atoms with Gasteiger partial charge in [0.05, 0.1) is 18.4 Å².